The van der Waals surface area contributed by atoms with Crippen LogP contribution in [-0.2, 0) is 22.6 Å². The van der Waals surface area contributed by atoms with Gasteiger partial charge in [0.15, 0.2) is 11.5 Å². The van der Waals surface area contributed by atoms with Crippen molar-refractivity contribution in [2.24, 2.45) is 0 Å². The number of imide groups is 2. The Kier molecular flexibility index (Phi) is 8.10. The lowest BCUT2D eigenvalue weighted by atomic mass is 10.1. The highest BCUT2D eigenvalue weighted by Crippen LogP contribution is 2.35. The molecule has 0 radical (unpaired) electrons. The van der Waals surface area contributed by atoms with E-state index in [9.17, 15) is 19.2 Å². The third-order valence-corrected chi connectivity index (χ3v) is 6.65. The molecule has 194 valence electrons. The van der Waals surface area contributed by atoms with E-state index in [-0.39, 0.29) is 17.7 Å². The molecule has 3 aromatic carbocycles. The molecule has 2 N–H and O–H groups in total. The van der Waals surface area contributed by atoms with Gasteiger partial charge < -0.3 is 14.6 Å². The van der Waals surface area contributed by atoms with Gasteiger partial charge in [-0.1, -0.05) is 31.2 Å². The van der Waals surface area contributed by atoms with Gasteiger partial charge in [-0.3, -0.25) is 14.9 Å². The molecular weight excluding hydrogens is 603 g/mol. The number of hydrogen-bond donors (Lipinski definition) is 2. The number of ether oxygens (including phenoxy) is 2. The van der Waals surface area contributed by atoms with Gasteiger partial charge in [0.1, 0.15) is 12.2 Å². The van der Waals surface area contributed by atoms with E-state index in [0.29, 0.717) is 26.3 Å². The summed E-state index contributed by atoms with van der Waals surface area (Å²) in [6.07, 6.45) is 2.21. The average Bonchev–Trinajstić information content (AvgIpc) is 2.90. The number of benzene rings is 3. The second-order valence-corrected chi connectivity index (χ2v) is 9.46. The maximum absolute atomic E-state index is 13.2. The summed E-state index contributed by atoms with van der Waals surface area (Å²) in [5.41, 5.74) is 2.65. The summed E-state index contributed by atoms with van der Waals surface area (Å²) in [6, 6.07) is 15.8. The second-order valence-electron chi connectivity index (χ2n) is 8.30. The van der Waals surface area contributed by atoms with E-state index in [1.165, 1.54) is 25.3 Å². The summed E-state index contributed by atoms with van der Waals surface area (Å²) < 4.78 is 12.1. The van der Waals surface area contributed by atoms with Crippen LogP contribution < -0.4 is 19.7 Å². The highest BCUT2D eigenvalue weighted by Gasteiger charge is 2.36. The van der Waals surface area contributed by atoms with Crippen molar-refractivity contribution in [3.63, 3.8) is 0 Å². The number of hydrogen-bond acceptors (Lipinski definition) is 6. The predicted molar refractivity (Wildman–Crippen MR) is 148 cm³/mol. The first-order chi connectivity index (χ1) is 18.2. The lowest BCUT2D eigenvalue weighted by molar-refractivity contribution is -0.122. The number of carbonyl (C=O) groups excluding carboxylic acids is 3. The van der Waals surface area contributed by atoms with Crippen LogP contribution in [0.1, 0.15) is 34.0 Å². The standard InChI is InChI=1S/C28H23IN2O7/c1-3-16-6-10-20(11-7-16)31-26(33)21(25(32)30-28(31)36)12-18-13-22(29)24(23(14-18)37-2)38-15-17-4-8-19(9-5-17)27(34)35/h4-14H,3,15H2,1-2H3,(H,34,35)(H,30,32,36)/b21-12-. The van der Waals surface area contributed by atoms with Gasteiger partial charge >= 0.3 is 12.0 Å². The summed E-state index contributed by atoms with van der Waals surface area (Å²) in [5, 5.41) is 11.3. The highest BCUT2D eigenvalue weighted by molar-refractivity contribution is 14.1. The quantitative estimate of drug-likeness (QED) is 0.209. The number of methoxy groups -OCH3 is 1. The molecule has 1 saturated heterocycles. The Balaban J connectivity index is 1.59. The van der Waals surface area contributed by atoms with Gasteiger partial charge in [0.25, 0.3) is 11.8 Å². The van der Waals surface area contributed by atoms with Crippen LogP contribution in [0.2, 0.25) is 0 Å². The van der Waals surface area contributed by atoms with Gasteiger partial charge in [-0.05, 0) is 88.2 Å². The summed E-state index contributed by atoms with van der Waals surface area (Å²) in [5.74, 6) is -1.71. The summed E-state index contributed by atoms with van der Waals surface area (Å²) in [7, 11) is 1.47. The van der Waals surface area contributed by atoms with Gasteiger partial charge in [0.2, 0.25) is 0 Å². The summed E-state index contributed by atoms with van der Waals surface area (Å²) in [6.45, 7) is 2.17. The maximum atomic E-state index is 13.2. The topological polar surface area (TPSA) is 122 Å². The molecule has 3 aromatic rings. The fourth-order valence-electron chi connectivity index (χ4n) is 3.80. The zero-order valence-electron chi connectivity index (χ0n) is 20.5. The molecule has 0 aromatic heterocycles. The molecule has 38 heavy (non-hydrogen) atoms. The van der Waals surface area contributed by atoms with E-state index in [1.807, 2.05) is 19.1 Å². The molecule has 10 heteroatoms. The molecule has 1 aliphatic heterocycles. The Bertz CT molecular complexity index is 1450. The van der Waals surface area contributed by atoms with Crippen molar-refractivity contribution in [3.05, 3.63) is 92.1 Å². The largest absolute Gasteiger partial charge is 0.493 e. The van der Waals surface area contributed by atoms with E-state index in [1.54, 1.807) is 36.4 Å². The number of amides is 4. The molecule has 1 aliphatic rings. The Hall–Kier alpha value is -4.19. The van der Waals surface area contributed by atoms with Crippen LogP contribution in [0.5, 0.6) is 11.5 Å². The number of rotatable bonds is 8. The van der Waals surface area contributed by atoms with Gasteiger partial charge in [-0.25, -0.2) is 14.5 Å². The van der Waals surface area contributed by atoms with Crippen molar-refractivity contribution in [1.29, 1.82) is 0 Å². The molecule has 0 spiro atoms. The number of carbonyl (C=O) groups is 4. The van der Waals surface area contributed by atoms with Crippen molar-refractivity contribution >= 4 is 58.2 Å². The van der Waals surface area contributed by atoms with Crippen molar-refractivity contribution < 1.29 is 33.8 Å². The van der Waals surface area contributed by atoms with Crippen molar-refractivity contribution in [1.82, 2.24) is 5.32 Å². The van der Waals surface area contributed by atoms with E-state index in [2.05, 4.69) is 27.9 Å². The zero-order chi connectivity index (χ0) is 27.4. The number of nitrogens with zero attached hydrogens (tertiary/aromatic N) is 1. The monoisotopic (exact) mass is 626 g/mol. The first-order valence-corrected chi connectivity index (χ1v) is 12.6. The molecule has 1 heterocycles. The number of aryl methyl sites for hydroxylation is 1. The van der Waals surface area contributed by atoms with Crippen LogP contribution >= 0.6 is 22.6 Å². The van der Waals surface area contributed by atoms with Crippen LogP contribution in [0.4, 0.5) is 10.5 Å². The van der Waals surface area contributed by atoms with Crippen LogP contribution in [0.25, 0.3) is 6.08 Å². The number of anilines is 1. The van der Waals surface area contributed by atoms with Crippen molar-refractivity contribution in [2.45, 2.75) is 20.0 Å². The van der Waals surface area contributed by atoms with E-state index in [4.69, 9.17) is 14.6 Å². The van der Waals surface area contributed by atoms with Gasteiger partial charge in [-0.2, -0.15) is 0 Å². The fourth-order valence-corrected chi connectivity index (χ4v) is 4.58. The molecule has 0 unspecified atom stereocenters. The minimum atomic E-state index is -1.01. The van der Waals surface area contributed by atoms with Crippen LogP contribution in [-0.4, -0.2) is 36.0 Å². The molecular formula is C28H23IN2O7. The normalized spacial score (nSPS) is 14.4. The smallest absolute Gasteiger partial charge is 0.335 e. The van der Waals surface area contributed by atoms with E-state index in [0.717, 1.165) is 22.4 Å². The van der Waals surface area contributed by atoms with E-state index < -0.39 is 23.8 Å². The lowest BCUT2D eigenvalue weighted by Crippen LogP contribution is -2.54. The average molecular weight is 626 g/mol. The molecule has 4 rings (SSSR count). The van der Waals surface area contributed by atoms with E-state index >= 15 is 0 Å². The zero-order valence-corrected chi connectivity index (χ0v) is 22.6. The SMILES string of the molecule is CCc1ccc(N2C(=O)NC(=O)/C(=C/c3cc(I)c(OCc4ccc(C(=O)O)cc4)c(OC)c3)C2=O)cc1. The van der Waals surface area contributed by atoms with Gasteiger partial charge in [0, 0.05) is 0 Å². The Morgan fingerprint density at radius 3 is 2.29 bits per heavy atom. The van der Waals surface area contributed by atoms with Crippen molar-refractivity contribution in [2.75, 3.05) is 12.0 Å². The summed E-state index contributed by atoms with van der Waals surface area (Å²) >= 11 is 2.06. The number of carboxylic acids is 1. The van der Waals surface area contributed by atoms with Crippen LogP contribution in [0.3, 0.4) is 0 Å². The highest BCUT2D eigenvalue weighted by atomic mass is 127. The fraction of sp³-hybridized carbons (Fsp3) is 0.143. The number of carboxylic acid groups (broad SMARTS) is 1. The number of aromatic carboxylic acids is 1. The second kappa shape index (κ2) is 11.5. The van der Waals surface area contributed by atoms with Gasteiger partial charge in [-0.15, -0.1) is 0 Å². The molecule has 0 bridgehead atoms. The van der Waals surface area contributed by atoms with Crippen LogP contribution in [0, 0.1) is 3.57 Å². The first kappa shape index (κ1) is 26.9. The predicted octanol–water partition coefficient (Wildman–Crippen LogP) is 4.81. The lowest BCUT2D eigenvalue weighted by Gasteiger charge is -2.26. The molecule has 4 amide bonds. The van der Waals surface area contributed by atoms with Gasteiger partial charge in [0.05, 0.1) is 21.9 Å². The third kappa shape index (κ3) is 5.70. The Morgan fingerprint density at radius 1 is 1.03 bits per heavy atom. The minimum Gasteiger partial charge on any atom is -0.493 e. The number of urea groups is 1. The number of nitrogens with one attached hydrogen (secondary N) is 1. The number of halogens is 1. The maximum Gasteiger partial charge on any atom is 0.335 e. The van der Waals surface area contributed by atoms with Crippen molar-refractivity contribution in [3.8, 4) is 11.5 Å². The molecule has 0 atom stereocenters. The third-order valence-electron chi connectivity index (χ3n) is 5.85. The van der Waals surface area contributed by atoms with Crippen LogP contribution in [0.15, 0.2) is 66.2 Å². The molecule has 1 fully saturated rings. The Morgan fingerprint density at radius 2 is 1.68 bits per heavy atom. The molecule has 9 nitrogen and oxygen atoms in total. The summed E-state index contributed by atoms with van der Waals surface area (Å²) in [4.78, 5) is 50.3. The minimum absolute atomic E-state index is 0.168. The first-order valence-electron chi connectivity index (χ1n) is 11.5. The molecule has 0 aliphatic carbocycles. The molecule has 0 saturated carbocycles. The Labute approximate surface area is 232 Å². The number of barbiturate groups is 1.